The molecule has 2 unspecified atom stereocenters. The fraction of sp³-hybridized carbons (Fsp3) is 0.909. The van der Waals surface area contributed by atoms with Gasteiger partial charge in [0, 0.05) is 0 Å². The smallest absolute Gasteiger partial charge is 0.151 e. The van der Waals surface area contributed by atoms with Gasteiger partial charge in [-0.1, -0.05) is 7.43 Å². The van der Waals surface area contributed by atoms with Gasteiger partial charge in [-0.05, 0) is 0 Å². The van der Waals surface area contributed by atoms with E-state index in [-0.39, 0.29) is 26.2 Å². The Morgan fingerprint density at radius 1 is 1.06 bits per heavy atom. The minimum atomic E-state index is -0.316. The average molecular weight is 250 g/mol. The summed E-state index contributed by atoms with van der Waals surface area (Å²) in [5.74, 6) is 0. The molecule has 0 amide bonds. The average Bonchev–Trinajstić information content (AvgIpc) is 2.41. The summed E-state index contributed by atoms with van der Waals surface area (Å²) in [6.45, 7) is 3.47. The molecule has 6 heteroatoms. The van der Waals surface area contributed by atoms with Crippen molar-refractivity contribution >= 4 is 6.29 Å². The Hall–Kier alpha value is -0.530. The maximum atomic E-state index is 9.95. The highest BCUT2D eigenvalue weighted by atomic mass is 16.6. The fourth-order valence-electron chi connectivity index (χ4n) is 1.23. The molecule has 2 aliphatic heterocycles. The van der Waals surface area contributed by atoms with Crippen LogP contribution in [0, 0.1) is 0 Å². The first-order valence-electron chi connectivity index (χ1n) is 5.31. The number of hydrogen-bond donors (Lipinski definition) is 1. The van der Waals surface area contributed by atoms with Crippen molar-refractivity contribution in [2.75, 3.05) is 46.2 Å². The highest BCUT2D eigenvalue weighted by Gasteiger charge is 2.11. The molecule has 0 spiro atoms. The van der Waals surface area contributed by atoms with Crippen LogP contribution in [0.2, 0.25) is 0 Å². The Balaban J connectivity index is 0.000000284. The molecule has 6 nitrogen and oxygen atoms in total. The highest BCUT2D eigenvalue weighted by molar-refractivity contribution is 5.56. The van der Waals surface area contributed by atoms with E-state index in [1.165, 1.54) is 0 Å². The summed E-state index contributed by atoms with van der Waals surface area (Å²) in [5, 5.41) is 8.49. The predicted molar refractivity (Wildman–Crippen MR) is 61.0 cm³/mol. The van der Waals surface area contributed by atoms with Crippen molar-refractivity contribution < 1.29 is 28.8 Å². The van der Waals surface area contributed by atoms with Gasteiger partial charge in [0.05, 0.1) is 46.2 Å². The number of aldehydes is 1. The van der Waals surface area contributed by atoms with Crippen molar-refractivity contribution in [1.82, 2.24) is 0 Å². The molecule has 0 aromatic heterocycles. The summed E-state index contributed by atoms with van der Waals surface area (Å²) >= 11 is 0. The van der Waals surface area contributed by atoms with Crippen LogP contribution in [-0.4, -0.2) is 69.8 Å². The first-order valence-corrected chi connectivity index (χ1v) is 5.31. The van der Waals surface area contributed by atoms with E-state index in [0.717, 1.165) is 6.29 Å². The van der Waals surface area contributed by atoms with Gasteiger partial charge in [0.25, 0.3) is 0 Å². The lowest BCUT2D eigenvalue weighted by molar-refractivity contribution is -0.133. The van der Waals surface area contributed by atoms with Crippen molar-refractivity contribution in [3.8, 4) is 0 Å². The van der Waals surface area contributed by atoms with Crippen LogP contribution in [0.4, 0.5) is 0 Å². The number of hydrogen-bond acceptors (Lipinski definition) is 6. The lowest BCUT2D eigenvalue weighted by Crippen LogP contribution is -2.31. The molecule has 2 saturated heterocycles. The summed E-state index contributed by atoms with van der Waals surface area (Å²) in [7, 11) is 0. The normalized spacial score (nSPS) is 28.3. The molecule has 2 rings (SSSR count). The fourth-order valence-corrected chi connectivity index (χ4v) is 1.23. The lowest BCUT2D eigenvalue weighted by Gasteiger charge is -2.20. The third-order valence-electron chi connectivity index (χ3n) is 2.08. The van der Waals surface area contributed by atoms with Crippen molar-refractivity contribution in [1.29, 1.82) is 0 Å². The zero-order chi connectivity index (χ0) is 11.6. The van der Waals surface area contributed by atoms with E-state index >= 15 is 0 Å². The van der Waals surface area contributed by atoms with Gasteiger partial charge in [-0.15, -0.1) is 0 Å². The number of ether oxygens (including phenoxy) is 4. The van der Waals surface area contributed by atoms with Crippen LogP contribution in [0.1, 0.15) is 7.43 Å². The van der Waals surface area contributed by atoms with E-state index in [1.54, 1.807) is 0 Å². The number of carbonyl (C=O) groups is 1. The third kappa shape index (κ3) is 7.40. The molecule has 0 aromatic rings. The number of carbonyl (C=O) groups excluding carboxylic acids is 1. The Bertz CT molecular complexity index is 175. The maximum absolute atomic E-state index is 9.95. The molecule has 1 N–H and O–H groups in total. The maximum Gasteiger partial charge on any atom is 0.151 e. The van der Waals surface area contributed by atoms with Crippen LogP contribution in [0.15, 0.2) is 0 Å². The van der Waals surface area contributed by atoms with E-state index in [1.807, 2.05) is 0 Å². The molecule has 2 fully saturated rings. The molecule has 102 valence electrons. The number of aliphatic hydroxyl groups excluding tert-OH is 1. The quantitative estimate of drug-likeness (QED) is 0.674. The number of rotatable bonds is 2. The summed E-state index contributed by atoms with van der Waals surface area (Å²) in [6.07, 6.45) is 0.367. The van der Waals surface area contributed by atoms with Gasteiger partial charge in [0.15, 0.2) is 6.29 Å². The Morgan fingerprint density at radius 3 is 2.00 bits per heavy atom. The topological polar surface area (TPSA) is 74.2 Å². The monoisotopic (exact) mass is 250 g/mol. The van der Waals surface area contributed by atoms with Gasteiger partial charge in [-0.25, -0.2) is 0 Å². The first-order chi connectivity index (χ1) is 7.86. The number of aliphatic hydroxyl groups is 1. The molecular formula is C11H22O6. The van der Waals surface area contributed by atoms with Gasteiger partial charge in [0.2, 0.25) is 0 Å². The Morgan fingerprint density at radius 2 is 1.71 bits per heavy atom. The third-order valence-corrected chi connectivity index (χ3v) is 2.08. The Kier molecular flexibility index (Phi) is 10.3. The molecule has 0 radical (unpaired) electrons. The molecular weight excluding hydrogens is 228 g/mol. The van der Waals surface area contributed by atoms with E-state index in [4.69, 9.17) is 24.1 Å². The van der Waals surface area contributed by atoms with Gasteiger partial charge >= 0.3 is 0 Å². The van der Waals surface area contributed by atoms with Crippen molar-refractivity contribution in [3.63, 3.8) is 0 Å². The lowest BCUT2D eigenvalue weighted by atomic mass is 10.4. The van der Waals surface area contributed by atoms with Gasteiger partial charge in [0.1, 0.15) is 12.2 Å². The summed E-state index contributed by atoms with van der Waals surface area (Å²) < 4.78 is 19.9. The summed E-state index contributed by atoms with van der Waals surface area (Å²) in [4.78, 5) is 9.95. The molecule has 0 aromatic carbocycles. The molecule has 2 heterocycles. The van der Waals surface area contributed by atoms with Crippen LogP contribution in [0.3, 0.4) is 0 Å². The molecule has 0 bridgehead atoms. The van der Waals surface area contributed by atoms with Gasteiger partial charge in [-0.3, -0.25) is 0 Å². The predicted octanol–water partition coefficient (Wildman–Crippen LogP) is -0.369. The van der Waals surface area contributed by atoms with E-state index in [2.05, 4.69) is 0 Å². The molecule has 2 aliphatic rings. The molecule has 17 heavy (non-hydrogen) atoms. The summed E-state index contributed by atoms with van der Waals surface area (Å²) in [5.41, 5.74) is 0. The second-order valence-corrected chi connectivity index (χ2v) is 3.37. The van der Waals surface area contributed by atoms with Crippen LogP contribution in [0.5, 0.6) is 0 Å². The zero-order valence-electron chi connectivity index (χ0n) is 9.17. The molecule has 2 atom stereocenters. The summed E-state index contributed by atoms with van der Waals surface area (Å²) in [6, 6.07) is 0. The van der Waals surface area contributed by atoms with Gasteiger partial charge in [-0.2, -0.15) is 0 Å². The van der Waals surface area contributed by atoms with Crippen molar-refractivity contribution in [3.05, 3.63) is 0 Å². The standard InChI is InChI=1S/C5H10O3.C5H8O3.CH4/c2*6-3-5-4-7-1-2-8-5;/h5-6H,1-4H2;3,5H,1-2,4H2;1H4. The first kappa shape index (κ1) is 16.5. The SMILES string of the molecule is C.O=CC1COCCO1.OCC1COCCO1. The van der Waals surface area contributed by atoms with Crippen LogP contribution in [-0.2, 0) is 23.7 Å². The second kappa shape index (κ2) is 10.6. The minimum Gasteiger partial charge on any atom is -0.394 e. The minimum absolute atomic E-state index is 0. The van der Waals surface area contributed by atoms with Gasteiger partial charge < -0.3 is 28.8 Å². The van der Waals surface area contributed by atoms with E-state index in [0.29, 0.717) is 39.6 Å². The van der Waals surface area contributed by atoms with E-state index in [9.17, 15) is 4.79 Å². The largest absolute Gasteiger partial charge is 0.394 e. The van der Waals surface area contributed by atoms with Crippen LogP contribution < -0.4 is 0 Å². The highest BCUT2D eigenvalue weighted by Crippen LogP contribution is 1.97. The van der Waals surface area contributed by atoms with E-state index < -0.39 is 0 Å². The van der Waals surface area contributed by atoms with Crippen LogP contribution in [0.25, 0.3) is 0 Å². The van der Waals surface area contributed by atoms with Crippen molar-refractivity contribution in [2.45, 2.75) is 19.6 Å². The zero-order valence-corrected chi connectivity index (χ0v) is 9.17. The van der Waals surface area contributed by atoms with Crippen LogP contribution >= 0.6 is 0 Å². The molecule has 0 saturated carbocycles. The molecule has 0 aliphatic carbocycles. The Labute approximate surface area is 102 Å². The second-order valence-electron chi connectivity index (χ2n) is 3.37. The van der Waals surface area contributed by atoms with Crippen molar-refractivity contribution in [2.24, 2.45) is 0 Å².